The van der Waals surface area contributed by atoms with Crippen LogP contribution in [0.1, 0.15) is 56.7 Å². The molecule has 21 heavy (non-hydrogen) atoms. The van der Waals surface area contributed by atoms with E-state index in [9.17, 15) is 5.11 Å². The Hall–Kier alpha value is -1.13. The van der Waals surface area contributed by atoms with Crippen LogP contribution in [0.4, 0.5) is 0 Å². The van der Waals surface area contributed by atoms with E-state index in [1.54, 1.807) is 13.3 Å². The van der Waals surface area contributed by atoms with Crippen molar-refractivity contribution in [1.29, 1.82) is 0 Å². The highest BCUT2D eigenvalue weighted by Crippen LogP contribution is 2.46. The smallest absolute Gasteiger partial charge is 0.143 e. The van der Waals surface area contributed by atoms with Gasteiger partial charge in [0.15, 0.2) is 0 Å². The molecule has 1 aromatic rings. The molecule has 1 aliphatic heterocycles. The Labute approximate surface area is 127 Å². The fourth-order valence-corrected chi connectivity index (χ4v) is 4.12. The van der Waals surface area contributed by atoms with Gasteiger partial charge in [-0.25, -0.2) is 0 Å². The van der Waals surface area contributed by atoms with Crippen LogP contribution in [0.15, 0.2) is 18.3 Å². The molecule has 1 N–H and O–H groups in total. The van der Waals surface area contributed by atoms with E-state index in [4.69, 9.17) is 4.74 Å². The van der Waals surface area contributed by atoms with Gasteiger partial charge in [-0.2, -0.15) is 0 Å². The number of pyridine rings is 1. The van der Waals surface area contributed by atoms with Crippen molar-refractivity contribution in [3.63, 3.8) is 0 Å². The monoisotopic (exact) mass is 290 g/mol. The molecule has 2 aliphatic rings. The molecule has 1 atom stereocenters. The van der Waals surface area contributed by atoms with Gasteiger partial charge in [0.2, 0.25) is 0 Å². The van der Waals surface area contributed by atoms with Gasteiger partial charge < -0.3 is 9.84 Å². The lowest BCUT2D eigenvalue weighted by Crippen LogP contribution is -2.53. The SMILES string of the molecule is COc1cccnc1C(O)C1(N2CCCCC2)CCCC1. The lowest BCUT2D eigenvalue weighted by atomic mass is 9.84. The van der Waals surface area contributed by atoms with Crippen LogP contribution in [0.5, 0.6) is 5.75 Å². The number of rotatable bonds is 4. The van der Waals surface area contributed by atoms with Crippen molar-refractivity contribution in [2.75, 3.05) is 20.2 Å². The number of ether oxygens (including phenoxy) is 1. The molecular formula is C17H26N2O2. The van der Waals surface area contributed by atoms with Gasteiger partial charge in [0.05, 0.1) is 12.6 Å². The van der Waals surface area contributed by atoms with E-state index in [1.807, 2.05) is 12.1 Å². The topological polar surface area (TPSA) is 45.6 Å². The van der Waals surface area contributed by atoms with Crippen LogP contribution in [-0.4, -0.2) is 40.7 Å². The third-order valence-corrected chi connectivity index (χ3v) is 5.24. The first kappa shape index (κ1) is 14.8. The van der Waals surface area contributed by atoms with Gasteiger partial charge in [0.25, 0.3) is 0 Å². The van der Waals surface area contributed by atoms with Gasteiger partial charge in [0, 0.05) is 6.20 Å². The van der Waals surface area contributed by atoms with E-state index in [1.165, 1.54) is 32.1 Å². The number of hydrogen-bond donors (Lipinski definition) is 1. The molecule has 2 fully saturated rings. The Morgan fingerprint density at radius 1 is 1.19 bits per heavy atom. The molecule has 1 saturated heterocycles. The lowest BCUT2D eigenvalue weighted by Gasteiger charge is -2.46. The minimum Gasteiger partial charge on any atom is -0.495 e. The van der Waals surface area contributed by atoms with E-state index in [2.05, 4.69) is 9.88 Å². The Kier molecular flexibility index (Phi) is 4.45. The summed E-state index contributed by atoms with van der Waals surface area (Å²) in [5, 5.41) is 11.2. The average Bonchev–Trinajstić information content (AvgIpc) is 3.06. The van der Waals surface area contributed by atoms with Crippen LogP contribution in [0, 0.1) is 0 Å². The lowest BCUT2D eigenvalue weighted by molar-refractivity contribution is -0.0434. The number of methoxy groups -OCH3 is 1. The minimum atomic E-state index is -0.561. The predicted molar refractivity (Wildman–Crippen MR) is 82.4 cm³/mol. The van der Waals surface area contributed by atoms with Gasteiger partial charge in [-0.3, -0.25) is 9.88 Å². The van der Waals surface area contributed by atoms with E-state index in [0.29, 0.717) is 11.4 Å². The maximum absolute atomic E-state index is 11.2. The molecule has 0 spiro atoms. The largest absolute Gasteiger partial charge is 0.495 e. The molecule has 1 aromatic heterocycles. The Morgan fingerprint density at radius 3 is 2.57 bits per heavy atom. The molecule has 1 saturated carbocycles. The molecule has 1 unspecified atom stereocenters. The molecular weight excluding hydrogens is 264 g/mol. The predicted octanol–water partition coefficient (Wildman–Crippen LogP) is 2.92. The normalized spacial score (nSPS) is 23.9. The summed E-state index contributed by atoms with van der Waals surface area (Å²) in [4.78, 5) is 6.96. The van der Waals surface area contributed by atoms with Gasteiger partial charge in [-0.1, -0.05) is 19.3 Å². The van der Waals surface area contributed by atoms with Crippen molar-refractivity contribution in [3.05, 3.63) is 24.0 Å². The summed E-state index contributed by atoms with van der Waals surface area (Å²) >= 11 is 0. The third kappa shape index (κ3) is 2.67. The number of aliphatic hydroxyl groups is 1. The summed E-state index contributed by atoms with van der Waals surface area (Å²) in [6.07, 6.45) is 9.51. The molecule has 0 radical (unpaired) electrons. The van der Waals surface area contributed by atoms with Gasteiger partial charge in [0.1, 0.15) is 17.5 Å². The summed E-state index contributed by atoms with van der Waals surface area (Å²) in [5.41, 5.74) is 0.565. The van der Waals surface area contributed by atoms with Gasteiger partial charge in [-0.05, 0) is 50.9 Å². The second kappa shape index (κ2) is 6.32. The number of aromatic nitrogens is 1. The van der Waals surface area contributed by atoms with E-state index >= 15 is 0 Å². The number of piperidine rings is 1. The van der Waals surface area contributed by atoms with Crippen molar-refractivity contribution in [1.82, 2.24) is 9.88 Å². The Morgan fingerprint density at radius 2 is 1.90 bits per heavy atom. The minimum absolute atomic E-state index is 0.137. The summed E-state index contributed by atoms with van der Waals surface area (Å²) < 4.78 is 5.42. The van der Waals surface area contributed by atoms with E-state index in [-0.39, 0.29) is 5.54 Å². The Balaban J connectivity index is 1.92. The number of nitrogens with zero attached hydrogens (tertiary/aromatic N) is 2. The summed E-state index contributed by atoms with van der Waals surface area (Å²) in [6, 6.07) is 3.75. The summed E-state index contributed by atoms with van der Waals surface area (Å²) in [6.45, 7) is 2.21. The zero-order chi connectivity index (χ0) is 14.7. The summed E-state index contributed by atoms with van der Waals surface area (Å²) in [5.74, 6) is 0.702. The first-order valence-electron chi connectivity index (χ1n) is 8.20. The van der Waals surface area contributed by atoms with Crippen LogP contribution < -0.4 is 4.74 Å². The maximum Gasteiger partial charge on any atom is 0.143 e. The number of aliphatic hydroxyl groups excluding tert-OH is 1. The van der Waals surface area contributed by atoms with Crippen LogP contribution in [-0.2, 0) is 0 Å². The fraction of sp³-hybridized carbons (Fsp3) is 0.706. The van der Waals surface area contributed by atoms with Crippen molar-refractivity contribution >= 4 is 0 Å². The van der Waals surface area contributed by atoms with Crippen molar-refractivity contribution in [3.8, 4) is 5.75 Å². The molecule has 0 aromatic carbocycles. The number of likely N-dealkylation sites (tertiary alicyclic amines) is 1. The van der Waals surface area contributed by atoms with Crippen molar-refractivity contribution < 1.29 is 9.84 Å². The Bertz CT molecular complexity index is 466. The second-order valence-electron chi connectivity index (χ2n) is 6.35. The highest BCUT2D eigenvalue weighted by atomic mass is 16.5. The third-order valence-electron chi connectivity index (χ3n) is 5.24. The van der Waals surface area contributed by atoms with E-state index < -0.39 is 6.10 Å². The number of hydrogen-bond acceptors (Lipinski definition) is 4. The van der Waals surface area contributed by atoms with Crippen LogP contribution in [0.25, 0.3) is 0 Å². The molecule has 3 rings (SSSR count). The molecule has 2 heterocycles. The maximum atomic E-state index is 11.2. The molecule has 0 amide bonds. The zero-order valence-electron chi connectivity index (χ0n) is 12.9. The fourth-order valence-electron chi connectivity index (χ4n) is 4.12. The van der Waals surface area contributed by atoms with Crippen LogP contribution in [0.2, 0.25) is 0 Å². The van der Waals surface area contributed by atoms with Gasteiger partial charge in [-0.15, -0.1) is 0 Å². The standard InChI is InChI=1S/C17H26N2O2/c1-21-14-8-7-11-18-15(14)16(20)17(9-3-4-10-17)19-12-5-2-6-13-19/h7-8,11,16,20H,2-6,9-10,12-13H2,1H3. The highest BCUT2D eigenvalue weighted by Gasteiger charge is 2.47. The molecule has 4 nitrogen and oxygen atoms in total. The van der Waals surface area contributed by atoms with Crippen LogP contribution >= 0.6 is 0 Å². The first-order chi connectivity index (χ1) is 10.3. The van der Waals surface area contributed by atoms with Crippen LogP contribution in [0.3, 0.4) is 0 Å². The zero-order valence-corrected chi connectivity index (χ0v) is 12.9. The molecule has 0 bridgehead atoms. The molecule has 116 valence electrons. The summed E-state index contributed by atoms with van der Waals surface area (Å²) in [7, 11) is 1.65. The van der Waals surface area contributed by atoms with E-state index in [0.717, 1.165) is 25.9 Å². The highest BCUT2D eigenvalue weighted by molar-refractivity contribution is 5.31. The first-order valence-corrected chi connectivity index (χ1v) is 8.20. The van der Waals surface area contributed by atoms with Crippen molar-refractivity contribution in [2.45, 2.75) is 56.6 Å². The average molecular weight is 290 g/mol. The quantitative estimate of drug-likeness (QED) is 0.926. The second-order valence-corrected chi connectivity index (χ2v) is 6.35. The molecule has 1 aliphatic carbocycles. The molecule has 4 heteroatoms. The van der Waals surface area contributed by atoms with Gasteiger partial charge >= 0.3 is 0 Å². The van der Waals surface area contributed by atoms with Crippen molar-refractivity contribution in [2.24, 2.45) is 0 Å².